The maximum Gasteiger partial charge on any atom is 0.157 e. The Morgan fingerprint density at radius 2 is 2.05 bits per heavy atom. The van der Waals surface area contributed by atoms with Crippen molar-refractivity contribution in [2.24, 2.45) is 4.99 Å². The lowest BCUT2D eigenvalue weighted by molar-refractivity contribution is 0.214. The highest BCUT2D eigenvalue weighted by molar-refractivity contribution is 8.14. The minimum absolute atomic E-state index is 0.423. The molecule has 1 N–H and O–H groups in total. The lowest BCUT2D eigenvalue weighted by Gasteiger charge is -2.30. The van der Waals surface area contributed by atoms with E-state index in [1.165, 1.54) is 75.5 Å². The van der Waals surface area contributed by atoms with E-state index in [1.807, 2.05) is 11.8 Å². The van der Waals surface area contributed by atoms with Crippen molar-refractivity contribution in [2.45, 2.75) is 63.5 Å². The van der Waals surface area contributed by atoms with Gasteiger partial charge in [0, 0.05) is 24.4 Å². The Morgan fingerprint density at radius 3 is 2.74 bits per heavy atom. The zero-order valence-electron chi connectivity index (χ0n) is 12.2. The molecule has 4 heteroatoms. The van der Waals surface area contributed by atoms with E-state index in [4.69, 9.17) is 4.99 Å². The zero-order chi connectivity index (χ0) is 13.1. The summed E-state index contributed by atoms with van der Waals surface area (Å²) in [5, 5.41) is 5.00. The van der Waals surface area contributed by atoms with E-state index in [1.54, 1.807) is 0 Å². The summed E-state index contributed by atoms with van der Waals surface area (Å²) >= 11 is 1.97. The Balaban J connectivity index is 1.50. The molecule has 3 nitrogen and oxygen atoms in total. The maximum atomic E-state index is 4.99. The van der Waals surface area contributed by atoms with Gasteiger partial charge in [-0.1, -0.05) is 31.5 Å². The number of nitrogens with zero attached hydrogens (tertiary/aromatic N) is 2. The van der Waals surface area contributed by atoms with E-state index < -0.39 is 0 Å². The van der Waals surface area contributed by atoms with Crippen LogP contribution in [0.3, 0.4) is 0 Å². The van der Waals surface area contributed by atoms with Crippen LogP contribution in [0.15, 0.2) is 4.99 Å². The van der Waals surface area contributed by atoms with Crippen molar-refractivity contribution in [3.63, 3.8) is 0 Å². The van der Waals surface area contributed by atoms with Gasteiger partial charge in [0.25, 0.3) is 0 Å². The highest BCUT2D eigenvalue weighted by Gasteiger charge is 2.39. The van der Waals surface area contributed by atoms with Crippen molar-refractivity contribution in [1.29, 1.82) is 0 Å². The van der Waals surface area contributed by atoms with Crippen molar-refractivity contribution in [2.75, 3.05) is 25.4 Å². The summed E-state index contributed by atoms with van der Waals surface area (Å²) in [5.41, 5.74) is 0.423. The summed E-state index contributed by atoms with van der Waals surface area (Å²) < 4.78 is 0. The lowest BCUT2D eigenvalue weighted by Crippen LogP contribution is -2.41. The number of hydrogen-bond donors (Lipinski definition) is 1. The Hall–Kier alpha value is -0.220. The van der Waals surface area contributed by atoms with E-state index in [-0.39, 0.29) is 0 Å². The molecule has 108 valence electrons. The number of rotatable bonds is 3. The molecule has 1 spiro atoms. The molecule has 0 radical (unpaired) electrons. The minimum Gasteiger partial charge on any atom is -0.359 e. The third-order valence-electron chi connectivity index (χ3n) is 4.81. The summed E-state index contributed by atoms with van der Waals surface area (Å²) in [5.74, 6) is 1.25. The van der Waals surface area contributed by atoms with Crippen LogP contribution in [0.25, 0.3) is 0 Å². The van der Waals surface area contributed by atoms with Crippen LogP contribution in [-0.2, 0) is 0 Å². The van der Waals surface area contributed by atoms with Crippen LogP contribution in [-0.4, -0.2) is 47.0 Å². The Morgan fingerprint density at radius 1 is 1.32 bits per heavy atom. The van der Waals surface area contributed by atoms with Crippen molar-refractivity contribution in [3.05, 3.63) is 0 Å². The van der Waals surface area contributed by atoms with Gasteiger partial charge in [-0.3, -0.25) is 4.99 Å². The average molecular weight is 281 g/mol. The summed E-state index contributed by atoms with van der Waals surface area (Å²) in [4.78, 5) is 7.58. The van der Waals surface area contributed by atoms with E-state index in [2.05, 4.69) is 17.1 Å². The number of amidine groups is 1. The third-order valence-corrected chi connectivity index (χ3v) is 5.99. The van der Waals surface area contributed by atoms with Gasteiger partial charge in [0.05, 0.1) is 6.04 Å². The van der Waals surface area contributed by atoms with Gasteiger partial charge in [0.15, 0.2) is 5.17 Å². The molecule has 1 aliphatic carbocycles. The highest BCUT2D eigenvalue weighted by atomic mass is 32.2. The van der Waals surface area contributed by atoms with Crippen molar-refractivity contribution < 1.29 is 0 Å². The first-order valence-electron chi connectivity index (χ1n) is 8.01. The van der Waals surface area contributed by atoms with E-state index in [0.717, 1.165) is 0 Å². The number of likely N-dealkylation sites (tertiary alicyclic amines) is 1. The van der Waals surface area contributed by atoms with Crippen LogP contribution in [0.4, 0.5) is 0 Å². The molecule has 1 saturated carbocycles. The van der Waals surface area contributed by atoms with E-state index in [9.17, 15) is 0 Å². The molecule has 3 aliphatic rings. The molecule has 19 heavy (non-hydrogen) atoms. The standard InChI is InChI=1S/C15H27N3S/c1-2-9-18-10-5-13(6-11-18)16-14-17-15(12-19-14)7-3-4-8-15/h13H,2-12H2,1H3,(H,16,17). The average Bonchev–Trinajstić information content (AvgIpc) is 3.03. The lowest BCUT2D eigenvalue weighted by atomic mass is 10.0. The van der Waals surface area contributed by atoms with Crippen molar-refractivity contribution in [1.82, 2.24) is 10.2 Å². The monoisotopic (exact) mass is 281 g/mol. The molecule has 3 rings (SSSR count). The second-order valence-electron chi connectivity index (χ2n) is 6.41. The molecule has 0 aromatic rings. The van der Waals surface area contributed by atoms with Crippen LogP contribution >= 0.6 is 11.8 Å². The van der Waals surface area contributed by atoms with Crippen LogP contribution in [0, 0.1) is 0 Å². The summed E-state index contributed by atoms with van der Waals surface area (Å²) in [6.45, 7) is 6.02. The number of hydrogen-bond acceptors (Lipinski definition) is 3. The van der Waals surface area contributed by atoms with Gasteiger partial charge < -0.3 is 10.2 Å². The van der Waals surface area contributed by atoms with Gasteiger partial charge in [-0.2, -0.15) is 0 Å². The topological polar surface area (TPSA) is 27.6 Å². The first-order valence-corrected chi connectivity index (χ1v) is 8.99. The van der Waals surface area contributed by atoms with Crippen LogP contribution in [0.2, 0.25) is 0 Å². The van der Waals surface area contributed by atoms with Crippen molar-refractivity contribution in [3.8, 4) is 0 Å². The van der Waals surface area contributed by atoms with Crippen LogP contribution in [0.1, 0.15) is 51.9 Å². The number of piperidine rings is 1. The zero-order valence-corrected chi connectivity index (χ0v) is 13.0. The summed E-state index contributed by atoms with van der Waals surface area (Å²) in [6.07, 6.45) is 9.28. The van der Waals surface area contributed by atoms with Gasteiger partial charge in [-0.15, -0.1) is 0 Å². The number of thioether (sulfide) groups is 1. The smallest absolute Gasteiger partial charge is 0.157 e. The summed E-state index contributed by atoms with van der Waals surface area (Å²) in [6, 6.07) is 0.569. The predicted octanol–water partition coefficient (Wildman–Crippen LogP) is 2.87. The molecule has 0 aromatic carbocycles. The maximum absolute atomic E-state index is 4.99. The largest absolute Gasteiger partial charge is 0.359 e. The van der Waals surface area contributed by atoms with Gasteiger partial charge in [-0.05, 0) is 38.6 Å². The normalized spacial score (nSPS) is 30.3. The first kappa shape index (κ1) is 13.7. The predicted molar refractivity (Wildman–Crippen MR) is 84.0 cm³/mol. The van der Waals surface area contributed by atoms with Gasteiger partial charge in [-0.25, -0.2) is 0 Å². The minimum atomic E-state index is 0.423. The number of nitrogens with one attached hydrogen (secondary N) is 1. The van der Waals surface area contributed by atoms with E-state index >= 15 is 0 Å². The fourth-order valence-electron chi connectivity index (χ4n) is 3.65. The molecule has 0 unspecified atom stereocenters. The second-order valence-corrected chi connectivity index (χ2v) is 7.37. The second kappa shape index (κ2) is 6.04. The quantitative estimate of drug-likeness (QED) is 0.862. The highest BCUT2D eigenvalue weighted by Crippen LogP contribution is 2.37. The fraction of sp³-hybridized carbons (Fsp3) is 0.933. The van der Waals surface area contributed by atoms with Crippen molar-refractivity contribution >= 4 is 16.9 Å². The number of aliphatic imine (C=N–C) groups is 1. The van der Waals surface area contributed by atoms with Gasteiger partial charge in [0.1, 0.15) is 0 Å². The fourth-order valence-corrected chi connectivity index (χ4v) is 4.94. The van der Waals surface area contributed by atoms with Gasteiger partial charge in [0.2, 0.25) is 0 Å². The molecule has 0 aromatic heterocycles. The molecule has 2 saturated heterocycles. The molecular weight excluding hydrogens is 254 g/mol. The summed E-state index contributed by atoms with van der Waals surface area (Å²) in [7, 11) is 0. The molecule has 0 bridgehead atoms. The Bertz CT molecular complexity index is 328. The molecule has 0 atom stereocenters. The molecular formula is C15H27N3S. The molecule has 0 amide bonds. The molecule has 3 fully saturated rings. The van der Waals surface area contributed by atoms with Crippen LogP contribution < -0.4 is 5.32 Å². The molecule has 2 aliphatic heterocycles. The Labute approximate surface area is 121 Å². The molecule has 2 heterocycles. The first-order chi connectivity index (χ1) is 9.30. The third kappa shape index (κ3) is 3.27. The SMILES string of the molecule is CCCN1CCC(N=C2NC3(CCCC3)CS2)CC1. The Kier molecular flexibility index (Phi) is 4.37. The van der Waals surface area contributed by atoms with E-state index in [0.29, 0.717) is 11.6 Å². The van der Waals surface area contributed by atoms with Gasteiger partial charge >= 0.3 is 0 Å². The van der Waals surface area contributed by atoms with Crippen LogP contribution in [0.5, 0.6) is 0 Å².